The molecule has 30 heavy (non-hydrogen) atoms. The number of hydrogen-bond donors (Lipinski definition) is 3. The third-order valence-corrected chi connectivity index (χ3v) is 4.47. The first-order chi connectivity index (χ1) is 14.5. The van der Waals surface area contributed by atoms with Gasteiger partial charge in [-0.15, -0.1) is 0 Å². The number of anilines is 3. The van der Waals surface area contributed by atoms with Crippen LogP contribution in [0.15, 0.2) is 81.8 Å². The van der Waals surface area contributed by atoms with E-state index >= 15 is 0 Å². The van der Waals surface area contributed by atoms with Crippen molar-refractivity contribution in [2.45, 2.75) is 6.92 Å². The van der Waals surface area contributed by atoms with Gasteiger partial charge in [0.1, 0.15) is 5.76 Å². The number of rotatable bonds is 5. The van der Waals surface area contributed by atoms with E-state index in [4.69, 9.17) is 14.6 Å². The van der Waals surface area contributed by atoms with E-state index < -0.39 is 5.91 Å². The van der Waals surface area contributed by atoms with Crippen LogP contribution < -0.4 is 16.4 Å². The van der Waals surface area contributed by atoms with E-state index in [2.05, 4.69) is 10.6 Å². The molecule has 4 rings (SSSR count). The molecule has 0 radical (unpaired) electrons. The molecular formula is C23H19N3O4. The minimum absolute atomic E-state index is 0.172. The van der Waals surface area contributed by atoms with Crippen LogP contribution in [0.3, 0.4) is 0 Å². The molecule has 4 N–H and O–H groups in total. The second-order valence-corrected chi connectivity index (χ2v) is 6.70. The fraction of sp³-hybridized carbons (Fsp3) is 0.0435. The fourth-order valence-electron chi connectivity index (χ4n) is 3.04. The fourth-order valence-corrected chi connectivity index (χ4v) is 3.04. The van der Waals surface area contributed by atoms with Crippen LogP contribution in [0, 0.1) is 6.92 Å². The summed E-state index contributed by atoms with van der Waals surface area (Å²) >= 11 is 0. The number of furan rings is 2. The van der Waals surface area contributed by atoms with Gasteiger partial charge in [-0.2, -0.15) is 0 Å². The number of nitrogen functional groups attached to an aromatic ring is 1. The minimum atomic E-state index is -0.399. The lowest BCUT2D eigenvalue weighted by molar-refractivity contribution is 0.0990. The molecule has 0 aliphatic rings. The van der Waals surface area contributed by atoms with E-state index in [0.29, 0.717) is 22.8 Å². The zero-order valence-electron chi connectivity index (χ0n) is 16.1. The summed E-state index contributed by atoms with van der Waals surface area (Å²) in [5, 5.41) is 5.48. The summed E-state index contributed by atoms with van der Waals surface area (Å²) in [4.78, 5) is 24.7. The van der Waals surface area contributed by atoms with E-state index in [1.165, 1.54) is 6.26 Å². The Morgan fingerprint density at radius 1 is 0.833 bits per heavy atom. The Bertz CT molecular complexity index is 1210. The topological polar surface area (TPSA) is 110 Å². The van der Waals surface area contributed by atoms with E-state index in [9.17, 15) is 9.59 Å². The largest absolute Gasteiger partial charge is 0.459 e. The molecular weight excluding hydrogens is 382 g/mol. The quantitative estimate of drug-likeness (QED) is 0.411. The minimum Gasteiger partial charge on any atom is -0.459 e. The van der Waals surface area contributed by atoms with E-state index in [-0.39, 0.29) is 17.4 Å². The van der Waals surface area contributed by atoms with Crippen molar-refractivity contribution in [3.05, 3.63) is 90.1 Å². The van der Waals surface area contributed by atoms with E-state index in [1.807, 2.05) is 19.1 Å². The smallest absolute Gasteiger partial charge is 0.291 e. The van der Waals surface area contributed by atoms with Gasteiger partial charge in [-0.05, 0) is 73.2 Å². The highest BCUT2D eigenvalue weighted by molar-refractivity contribution is 6.04. The maximum Gasteiger partial charge on any atom is 0.291 e. The third kappa shape index (κ3) is 4.10. The first-order valence-corrected chi connectivity index (χ1v) is 9.22. The molecule has 0 spiro atoms. The molecule has 2 aromatic heterocycles. The number of carbonyl (C=O) groups excluding carboxylic acids is 2. The number of benzene rings is 2. The third-order valence-electron chi connectivity index (χ3n) is 4.47. The molecule has 4 aromatic rings. The lowest BCUT2D eigenvalue weighted by Crippen LogP contribution is -2.13. The molecule has 0 bridgehead atoms. The van der Waals surface area contributed by atoms with Crippen molar-refractivity contribution in [1.82, 2.24) is 0 Å². The zero-order valence-corrected chi connectivity index (χ0v) is 16.1. The van der Waals surface area contributed by atoms with Crippen molar-refractivity contribution in [2.24, 2.45) is 0 Å². The normalized spacial score (nSPS) is 10.6. The number of hydrogen-bond acceptors (Lipinski definition) is 5. The second kappa shape index (κ2) is 8.00. The van der Waals surface area contributed by atoms with Crippen molar-refractivity contribution in [3.63, 3.8) is 0 Å². The maximum atomic E-state index is 12.6. The summed E-state index contributed by atoms with van der Waals surface area (Å²) in [5.41, 5.74) is 9.31. The number of amides is 2. The van der Waals surface area contributed by atoms with E-state index in [1.54, 1.807) is 54.6 Å². The number of nitrogens with two attached hydrogens (primary N) is 1. The van der Waals surface area contributed by atoms with Gasteiger partial charge in [0.25, 0.3) is 11.8 Å². The molecule has 150 valence electrons. The van der Waals surface area contributed by atoms with Crippen LogP contribution in [0.1, 0.15) is 26.7 Å². The monoisotopic (exact) mass is 401 g/mol. The molecule has 2 amide bonds. The van der Waals surface area contributed by atoms with Crippen molar-refractivity contribution in [2.75, 3.05) is 16.4 Å². The number of aryl methyl sites for hydroxylation is 1. The lowest BCUT2D eigenvalue weighted by atomic mass is 10.1. The summed E-state index contributed by atoms with van der Waals surface area (Å²) in [6.07, 6.45) is 1.43. The van der Waals surface area contributed by atoms with Crippen molar-refractivity contribution in [1.29, 1.82) is 0 Å². The van der Waals surface area contributed by atoms with E-state index in [0.717, 1.165) is 11.1 Å². The Kier molecular flexibility index (Phi) is 5.09. The lowest BCUT2D eigenvalue weighted by Gasteiger charge is -2.07. The van der Waals surface area contributed by atoms with Crippen LogP contribution >= 0.6 is 0 Å². The molecule has 2 heterocycles. The van der Waals surface area contributed by atoms with Crippen molar-refractivity contribution < 1.29 is 18.4 Å². The molecule has 0 saturated heterocycles. The first-order valence-electron chi connectivity index (χ1n) is 9.22. The highest BCUT2D eigenvalue weighted by atomic mass is 16.4. The summed E-state index contributed by atoms with van der Waals surface area (Å²) in [5.74, 6) is 0.177. The molecule has 0 saturated carbocycles. The molecule has 7 heteroatoms. The van der Waals surface area contributed by atoms with Crippen LogP contribution in [0.2, 0.25) is 0 Å². The molecule has 0 atom stereocenters. The standard InChI is InChI=1S/C23H19N3O4/c1-14-12-15(24)7-8-18(14)19-9-10-21(30-19)23(28)26-17-5-2-4-16(13-17)25-22(27)20-6-3-11-29-20/h2-13H,24H2,1H3,(H,25,27)(H,26,28). The first kappa shape index (κ1) is 19.1. The average molecular weight is 401 g/mol. The summed E-state index contributed by atoms with van der Waals surface area (Å²) in [7, 11) is 0. The highest BCUT2D eigenvalue weighted by Gasteiger charge is 2.15. The SMILES string of the molecule is Cc1cc(N)ccc1-c1ccc(C(=O)Nc2cccc(NC(=O)c3ccco3)c2)o1. The van der Waals surface area contributed by atoms with Gasteiger partial charge in [0.05, 0.1) is 6.26 Å². The van der Waals surface area contributed by atoms with Crippen LogP contribution in [-0.2, 0) is 0 Å². The molecule has 0 fully saturated rings. The Balaban J connectivity index is 1.47. The molecule has 2 aromatic carbocycles. The predicted molar refractivity (Wildman–Crippen MR) is 114 cm³/mol. The van der Waals surface area contributed by atoms with Gasteiger partial charge in [0.2, 0.25) is 0 Å². The second-order valence-electron chi connectivity index (χ2n) is 6.70. The zero-order chi connectivity index (χ0) is 21.1. The summed E-state index contributed by atoms with van der Waals surface area (Å²) in [6, 6.07) is 18.8. The Hall–Kier alpha value is -4.26. The van der Waals surface area contributed by atoms with Gasteiger partial charge in [-0.3, -0.25) is 9.59 Å². The van der Waals surface area contributed by atoms with Crippen LogP contribution in [-0.4, -0.2) is 11.8 Å². The van der Waals surface area contributed by atoms with Gasteiger partial charge < -0.3 is 25.2 Å². The molecule has 0 aliphatic carbocycles. The van der Waals surface area contributed by atoms with Gasteiger partial charge >= 0.3 is 0 Å². The van der Waals surface area contributed by atoms with Crippen LogP contribution in [0.25, 0.3) is 11.3 Å². The molecule has 0 aliphatic heterocycles. The van der Waals surface area contributed by atoms with Crippen molar-refractivity contribution in [3.8, 4) is 11.3 Å². The van der Waals surface area contributed by atoms with Crippen LogP contribution in [0.4, 0.5) is 17.1 Å². The van der Waals surface area contributed by atoms with Gasteiger partial charge in [0, 0.05) is 22.6 Å². The van der Waals surface area contributed by atoms with Crippen LogP contribution in [0.5, 0.6) is 0 Å². The maximum absolute atomic E-state index is 12.6. The average Bonchev–Trinajstić information content (AvgIpc) is 3.41. The Morgan fingerprint density at radius 2 is 1.57 bits per heavy atom. The molecule has 7 nitrogen and oxygen atoms in total. The summed E-state index contributed by atoms with van der Waals surface area (Å²) < 4.78 is 10.8. The van der Waals surface area contributed by atoms with Gasteiger partial charge in [-0.25, -0.2) is 0 Å². The predicted octanol–water partition coefficient (Wildman–Crippen LogP) is 4.93. The summed E-state index contributed by atoms with van der Waals surface area (Å²) in [6.45, 7) is 1.93. The number of carbonyl (C=O) groups is 2. The van der Waals surface area contributed by atoms with Crippen molar-refractivity contribution >= 4 is 28.9 Å². The Morgan fingerprint density at radius 3 is 2.23 bits per heavy atom. The van der Waals surface area contributed by atoms with Gasteiger partial charge in [0.15, 0.2) is 11.5 Å². The number of nitrogens with one attached hydrogen (secondary N) is 2. The molecule has 0 unspecified atom stereocenters. The Labute approximate surface area is 172 Å². The highest BCUT2D eigenvalue weighted by Crippen LogP contribution is 2.27. The van der Waals surface area contributed by atoms with Gasteiger partial charge in [-0.1, -0.05) is 6.07 Å².